The van der Waals surface area contributed by atoms with Gasteiger partial charge in [0.1, 0.15) is 0 Å². The third-order valence-corrected chi connectivity index (χ3v) is 4.75. The van der Waals surface area contributed by atoms with E-state index in [1.54, 1.807) is 0 Å². The quantitative estimate of drug-likeness (QED) is 0.895. The fourth-order valence-electron chi connectivity index (χ4n) is 3.58. The Hall–Kier alpha value is -1.38. The van der Waals surface area contributed by atoms with Crippen LogP contribution in [0.4, 0.5) is 5.69 Å². The van der Waals surface area contributed by atoms with E-state index in [1.165, 1.54) is 44.2 Å². The molecule has 0 amide bonds. The molecule has 0 radical (unpaired) electrons. The van der Waals surface area contributed by atoms with Crippen molar-refractivity contribution >= 4 is 5.69 Å². The van der Waals surface area contributed by atoms with Gasteiger partial charge in [-0.05, 0) is 49.7 Å². The van der Waals surface area contributed by atoms with E-state index in [0.29, 0.717) is 12.8 Å². The summed E-state index contributed by atoms with van der Waals surface area (Å²) >= 11 is 0. The number of ether oxygens (including phenoxy) is 2. The molecule has 1 aliphatic heterocycles. The third kappa shape index (κ3) is 2.38. The van der Waals surface area contributed by atoms with E-state index < -0.39 is 0 Å². The molecule has 2 saturated carbocycles. The van der Waals surface area contributed by atoms with Gasteiger partial charge >= 0.3 is 0 Å². The van der Waals surface area contributed by atoms with Crippen LogP contribution in [0.5, 0.6) is 11.5 Å². The second-order valence-corrected chi connectivity index (χ2v) is 6.17. The van der Waals surface area contributed by atoms with Crippen LogP contribution in [0, 0.1) is 11.8 Å². The van der Waals surface area contributed by atoms with Crippen molar-refractivity contribution in [2.75, 3.05) is 12.1 Å². The summed E-state index contributed by atoms with van der Waals surface area (Å²) in [6.07, 6.45) is 8.42. The Morgan fingerprint density at radius 2 is 1.84 bits per heavy atom. The molecule has 0 spiro atoms. The Morgan fingerprint density at radius 1 is 0.947 bits per heavy atom. The Morgan fingerprint density at radius 3 is 2.74 bits per heavy atom. The predicted octanol–water partition coefficient (Wildman–Crippen LogP) is 3.80. The van der Waals surface area contributed by atoms with Gasteiger partial charge in [0.15, 0.2) is 11.5 Å². The van der Waals surface area contributed by atoms with E-state index in [9.17, 15) is 0 Å². The highest BCUT2D eigenvalue weighted by molar-refractivity contribution is 5.56. The minimum atomic E-state index is 0.353. The number of hydrogen-bond donors (Lipinski definition) is 1. The molecular formula is C16H21NO2. The van der Waals surface area contributed by atoms with Crippen LogP contribution in [0.1, 0.15) is 38.5 Å². The minimum absolute atomic E-state index is 0.353. The lowest BCUT2D eigenvalue weighted by atomic mass is 9.82. The molecule has 1 aromatic carbocycles. The van der Waals surface area contributed by atoms with Gasteiger partial charge in [-0.3, -0.25) is 0 Å². The molecule has 0 bridgehead atoms. The van der Waals surface area contributed by atoms with E-state index in [4.69, 9.17) is 9.47 Å². The van der Waals surface area contributed by atoms with Gasteiger partial charge in [-0.2, -0.15) is 0 Å². The van der Waals surface area contributed by atoms with Crippen LogP contribution in [0.25, 0.3) is 0 Å². The molecule has 19 heavy (non-hydrogen) atoms. The zero-order valence-corrected chi connectivity index (χ0v) is 11.2. The van der Waals surface area contributed by atoms with Gasteiger partial charge in [-0.25, -0.2) is 0 Å². The van der Waals surface area contributed by atoms with Crippen LogP contribution in [0.3, 0.4) is 0 Å². The highest BCUT2D eigenvalue weighted by Crippen LogP contribution is 2.44. The van der Waals surface area contributed by atoms with Crippen LogP contribution in [-0.2, 0) is 0 Å². The molecular weight excluding hydrogens is 238 g/mol. The molecule has 2 atom stereocenters. The molecule has 2 aliphatic carbocycles. The van der Waals surface area contributed by atoms with Crippen LogP contribution >= 0.6 is 0 Å². The van der Waals surface area contributed by atoms with Gasteiger partial charge in [-0.15, -0.1) is 0 Å². The summed E-state index contributed by atoms with van der Waals surface area (Å²) in [5.41, 5.74) is 1.17. The topological polar surface area (TPSA) is 30.5 Å². The second-order valence-electron chi connectivity index (χ2n) is 6.17. The van der Waals surface area contributed by atoms with Gasteiger partial charge in [0.05, 0.1) is 0 Å². The molecule has 102 valence electrons. The standard InChI is InChI=1S/C16H21NO2/c1-2-12(11-4-5-11)8-13(3-1)17-14-6-7-15-16(9-14)19-10-18-15/h6-7,9,11-13,17H,1-5,8,10H2. The lowest BCUT2D eigenvalue weighted by molar-refractivity contribution is 0.174. The highest BCUT2D eigenvalue weighted by atomic mass is 16.7. The Labute approximate surface area is 114 Å². The van der Waals surface area contributed by atoms with Gasteiger partial charge in [-0.1, -0.05) is 12.8 Å². The summed E-state index contributed by atoms with van der Waals surface area (Å²) in [7, 11) is 0. The normalized spacial score (nSPS) is 29.3. The van der Waals surface area contributed by atoms with Crippen molar-refractivity contribution in [2.24, 2.45) is 11.8 Å². The molecule has 2 unspecified atom stereocenters. The van der Waals surface area contributed by atoms with E-state index in [0.717, 1.165) is 23.3 Å². The summed E-state index contributed by atoms with van der Waals surface area (Å²) < 4.78 is 10.8. The van der Waals surface area contributed by atoms with Gasteiger partial charge < -0.3 is 14.8 Å². The smallest absolute Gasteiger partial charge is 0.231 e. The lowest BCUT2D eigenvalue weighted by Crippen LogP contribution is -2.28. The van der Waals surface area contributed by atoms with E-state index >= 15 is 0 Å². The van der Waals surface area contributed by atoms with E-state index in [-0.39, 0.29) is 0 Å². The zero-order valence-electron chi connectivity index (χ0n) is 11.2. The first-order chi connectivity index (χ1) is 9.38. The average Bonchev–Trinajstić information content (AvgIpc) is 3.18. The van der Waals surface area contributed by atoms with Gasteiger partial charge in [0.2, 0.25) is 6.79 Å². The minimum Gasteiger partial charge on any atom is -0.454 e. The highest BCUT2D eigenvalue weighted by Gasteiger charge is 2.34. The number of hydrogen-bond acceptors (Lipinski definition) is 3. The zero-order chi connectivity index (χ0) is 12.7. The number of nitrogens with one attached hydrogen (secondary N) is 1. The summed E-state index contributed by atoms with van der Waals surface area (Å²) in [6.45, 7) is 0.353. The number of anilines is 1. The van der Waals surface area contributed by atoms with E-state index in [2.05, 4.69) is 17.4 Å². The molecule has 1 heterocycles. The molecule has 3 heteroatoms. The molecule has 4 rings (SSSR count). The Kier molecular flexibility index (Phi) is 2.78. The summed E-state index contributed by atoms with van der Waals surface area (Å²) in [4.78, 5) is 0. The first-order valence-electron chi connectivity index (χ1n) is 7.55. The number of rotatable bonds is 3. The maximum Gasteiger partial charge on any atom is 0.231 e. The monoisotopic (exact) mass is 259 g/mol. The molecule has 1 N–H and O–H groups in total. The maximum absolute atomic E-state index is 5.44. The maximum atomic E-state index is 5.44. The predicted molar refractivity (Wildman–Crippen MR) is 74.7 cm³/mol. The van der Waals surface area contributed by atoms with Crippen molar-refractivity contribution in [1.29, 1.82) is 0 Å². The fraction of sp³-hybridized carbons (Fsp3) is 0.625. The molecule has 0 aromatic heterocycles. The SMILES string of the molecule is c1cc2c(cc1NC1CCCC(C3CC3)C1)OCO2. The first kappa shape index (κ1) is 11.4. The van der Waals surface area contributed by atoms with Crippen LogP contribution in [0.2, 0.25) is 0 Å². The van der Waals surface area contributed by atoms with Crippen molar-refractivity contribution in [1.82, 2.24) is 0 Å². The third-order valence-electron chi connectivity index (χ3n) is 4.75. The Balaban J connectivity index is 1.42. The first-order valence-corrected chi connectivity index (χ1v) is 7.55. The van der Waals surface area contributed by atoms with Crippen molar-refractivity contribution in [3.05, 3.63) is 18.2 Å². The Bertz CT molecular complexity index is 470. The summed E-state index contributed by atoms with van der Waals surface area (Å²) in [6, 6.07) is 6.82. The average molecular weight is 259 g/mol. The number of fused-ring (bicyclic) bond motifs is 1. The summed E-state index contributed by atoms with van der Waals surface area (Å²) in [5.74, 6) is 3.76. The van der Waals surface area contributed by atoms with Gasteiger partial charge in [0.25, 0.3) is 0 Å². The molecule has 1 aromatic rings. The van der Waals surface area contributed by atoms with E-state index in [1.807, 2.05) is 6.07 Å². The molecule has 2 fully saturated rings. The molecule has 0 saturated heterocycles. The van der Waals surface area contributed by atoms with Crippen LogP contribution < -0.4 is 14.8 Å². The van der Waals surface area contributed by atoms with Crippen LogP contribution in [-0.4, -0.2) is 12.8 Å². The van der Waals surface area contributed by atoms with Crippen LogP contribution in [0.15, 0.2) is 18.2 Å². The lowest BCUT2D eigenvalue weighted by Gasteiger charge is -2.30. The molecule has 3 nitrogen and oxygen atoms in total. The van der Waals surface area contributed by atoms with Gasteiger partial charge in [0, 0.05) is 17.8 Å². The largest absolute Gasteiger partial charge is 0.454 e. The number of benzene rings is 1. The van der Waals surface area contributed by atoms with Crippen molar-refractivity contribution < 1.29 is 9.47 Å². The fourth-order valence-corrected chi connectivity index (χ4v) is 3.58. The van der Waals surface area contributed by atoms with Crippen molar-refractivity contribution in [3.8, 4) is 11.5 Å². The second kappa shape index (κ2) is 4.62. The molecule has 3 aliphatic rings. The summed E-state index contributed by atoms with van der Waals surface area (Å²) in [5, 5.41) is 3.69. The van der Waals surface area contributed by atoms with Crippen molar-refractivity contribution in [3.63, 3.8) is 0 Å². The van der Waals surface area contributed by atoms with Crippen molar-refractivity contribution in [2.45, 2.75) is 44.6 Å².